The van der Waals surface area contributed by atoms with Gasteiger partial charge in [0, 0.05) is 49.5 Å². The number of likely N-dealkylation sites (tertiary alicyclic amines) is 1. The molecule has 0 radical (unpaired) electrons. The molecule has 1 atom stereocenters. The first-order valence-electron chi connectivity index (χ1n) is 8.65. The van der Waals surface area contributed by atoms with Crippen molar-refractivity contribution < 1.29 is 9.50 Å². The number of β-amino-alcohol motifs (C(OH)–C–C–N with tert-alkyl or cyclic N) is 1. The maximum absolute atomic E-state index is 13.1. The molecule has 1 aromatic heterocycles. The topological polar surface area (TPSA) is 61.3 Å². The second kappa shape index (κ2) is 7.76. The first-order chi connectivity index (χ1) is 11.9. The molecule has 136 valence electrons. The maximum atomic E-state index is 13.1. The summed E-state index contributed by atoms with van der Waals surface area (Å²) < 4.78 is 17.5. The molecule has 1 fully saturated rings. The molecule has 7 heteroatoms. The summed E-state index contributed by atoms with van der Waals surface area (Å²) in [5, 5.41) is 13.7. The molecule has 2 aromatic rings. The molecule has 25 heavy (non-hydrogen) atoms. The molecule has 2 N–H and O–H groups in total. The molecule has 1 aliphatic heterocycles. The molecule has 3 rings (SSSR count). The number of rotatable bonds is 7. The largest absolute Gasteiger partial charge is 0.392 e. The van der Waals surface area contributed by atoms with E-state index in [2.05, 4.69) is 33.4 Å². The molecule has 2 heterocycles. The van der Waals surface area contributed by atoms with Crippen molar-refractivity contribution in [3.8, 4) is 0 Å². The van der Waals surface area contributed by atoms with Crippen LogP contribution in [0.5, 0.6) is 0 Å². The van der Waals surface area contributed by atoms with Crippen LogP contribution in [0.25, 0.3) is 0 Å². The summed E-state index contributed by atoms with van der Waals surface area (Å²) >= 11 is 1.37. The third kappa shape index (κ3) is 4.96. The number of aromatic nitrogens is 2. The van der Waals surface area contributed by atoms with Gasteiger partial charge in [-0.15, -0.1) is 0 Å². The normalized spacial score (nSPS) is 18.6. The predicted molar refractivity (Wildman–Crippen MR) is 98.6 cm³/mol. The molecule has 0 bridgehead atoms. The first kappa shape index (κ1) is 18.2. The highest BCUT2D eigenvalue weighted by Gasteiger charge is 2.22. The number of nitrogens with zero attached hydrogens (tertiary/aromatic N) is 3. The van der Waals surface area contributed by atoms with Gasteiger partial charge < -0.3 is 15.3 Å². The minimum Gasteiger partial charge on any atom is -0.392 e. The zero-order valence-electron chi connectivity index (χ0n) is 14.7. The summed E-state index contributed by atoms with van der Waals surface area (Å²) in [4.78, 5) is 6.79. The summed E-state index contributed by atoms with van der Waals surface area (Å²) in [6.07, 6.45) is 1.47. The number of aliphatic hydroxyl groups excluding tert-OH is 1. The lowest BCUT2D eigenvalue weighted by atomic mass is 9.85. The molecule has 1 aliphatic rings. The van der Waals surface area contributed by atoms with Crippen molar-refractivity contribution in [1.29, 1.82) is 0 Å². The standard InChI is InChI=1S/C18H25FN4OS/c1-18(2,13-3-5-14(19)6-4-13)12-20-17-21-16(22-25-17)8-10-23-9-7-15(24)11-23/h3-6,15,24H,7-12H2,1-2H3,(H,20,21,22)/t15-/m1/s1. The number of hydrogen-bond acceptors (Lipinski definition) is 6. The van der Waals surface area contributed by atoms with E-state index in [0.29, 0.717) is 6.54 Å². The maximum Gasteiger partial charge on any atom is 0.202 e. The van der Waals surface area contributed by atoms with Crippen molar-refractivity contribution in [2.24, 2.45) is 0 Å². The summed E-state index contributed by atoms with van der Waals surface area (Å²) in [6.45, 7) is 7.52. The van der Waals surface area contributed by atoms with E-state index < -0.39 is 0 Å². The Bertz CT molecular complexity index is 689. The molecule has 0 spiro atoms. The summed E-state index contributed by atoms with van der Waals surface area (Å²) in [5.41, 5.74) is 0.948. The van der Waals surface area contributed by atoms with E-state index in [1.54, 1.807) is 0 Å². The summed E-state index contributed by atoms with van der Waals surface area (Å²) in [5.74, 6) is 0.625. The van der Waals surface area contributed by atoms with Gasteiger partial charge in [-0.25, -0.2) is 9.37 Å². The van der Waals surface area contributed by atoms with Crippen LogP contribution < -0.4 is 5.32 Å². The minimum absolute atomic E-state index is 0.134. The number of benzene rings is 1. The van der Waals surface area contributed by atoms with Crippen LogP contribution in [0.2, 0.25) is 0 Å². The number of anilines is 1. The zero-order valence-corrected chi connectivity index (χ0v) is 15.5. The van der Waals surface area contributed by atoms with Crippen LogP contribution in [-0.4, -0.2) is 51.6 Å². The Kier molecular flexibility index (Phi) is 5.66. The van der Waals surface area contributed by atoms with E-state index in [0.717, 1.165) is 49.0 Å². The van der Waals surface area contributed by atoms with Crippen molar-refractivity contribution in [2.45, 2.75) is 38.2 Å². The summed E-state index contributed by atoms with van der Waals surface area (Å²) in [7, 11) is 0. The molecule has 0 saturated carbocycles. The lowest BCUT2D eigenvalue weighted by Crippen LogP contribution is -2.27. The number of hydrogen-bond donors (Lipinski definition) is 2. The molecule has 5 nitrogen and oxygen atoms in total. The monoisotopic (exact) mass is 364 g/mol. The van der Waals surface area contributed by atoms with Crippen molar-refractivity contribution in [2.75, 3.05) is 31.5 Å². The Morgan fingerprint density at radius 1 is 1.36 bits per heavy atom. The minimum atomic E-state index is -0.216. The molecule has 0 aliphatic carbocycles. The quantitative estimate of drug-likeness (QED) is 0.791. The van der Waals surface area contributed by atoms with E-state index in [4.69, 9.17) is 0 Å². The van der Waals surface area contributed by atoms with Crippen molar-refractivity contribution in [1.82, 2.24) is 14.3 Å². The van der Waals surface area contributed by atoms with Gasteiger partial charge in [-0.2, -0.15) is 4.37 Å². The van der Waals surface area contributed by atoms with E-state index >= 15 is 0 Å². The van der Waals surface area contributed by atoms with Gasteiger partial charge in [0.05, 0.1) is 6.10 Å². The van der Waals surface area contributed by atoms with Gasteiger partial charge in [0.2, 0.25) is 5.13 Å². The SMILES string of the molecule is CC(C)(CNc1nc(CCN2CC[C@@H](O)C2)ns1)c1ccc(F)cc1. The Morgan fingerprint density at radius 2 is 2.12 bits per heavy atom. The Hall–Kier alpha value is -1.57. The van der Waals surface area contributed by atoms with Crippen LogP contribution in [0.15, 0.2) is 24.3 Å². The highest BCUT2D eigenvalue weighted by molar-refractivity contribution is 7.09. The van der Waals surface area contributed by atoms with Gasteiger partial charge in [-0.1, -0.05) is 26.0 Å². The number of aliphatic hydroxyl groups is 1. The Morgan fingerprint density at radius 3 is 2.80 bits per heavy atom. The second-order valence-corrected chi connectivity index (χ2v) is 8.01. The lowest BCUT2D eigenvalue weighted by Gasteiger charge is -2.25. The van der Waals surface area contributed by atoms with Gasteiger partial charge in [0.1, 0.15) is 11.6 Å². The van der Waals surface area contributed by atoms with E-state index in [-0.39, 0.29) is 17.3 Å². The van der Waals surface area contributed by atoms with Crippen molar-refractivity contribution in [3.05, 3.63) is 41.5 Å². The van der Waals surface area contributed by atoms with Gasteiger partial charge >= 0.3 is 0 Å². The van der Waals surface area contributed by atoms with E-state index in [1.807, 2.05) is 12.1 Å². The van der Waals surface area contributed by atoms with E-state index in [9.17, 15) is 9.50 Å². The smallest absolute Gasteiger partial charge is 0.202 e. The van der Waals surface area contributed by atoms with Gasteiger partial charge in [-0.05, 0) is 24.1 Å². The highest BCUT2D eigenvalue weighted by Crippen LogP contribution is 2.24. The van der Waals surface area contributed by atoms with Gasteiger partial charge in [0.15, 0.2) is 0 Å². The first-order valence-corrected chi connectivity index (χ1v) is 9.43. The van der Waals surface area contributed by atoms with E-state index in [1.165, 1.54) is 23.7 Å². The zero-order chi connectivity index (χ0) is 17.9. The summed E-state index contributed by atoms with van der Waals surface area (Å²) in [6, 6.07) is 6.64. The Labute approximate surface area is 152 Å². The number of halogens is 1. The average Bonchev–Trinajstić information content (AvgIpc) is 3.20. The average molecular weight is 364 g/mol. The van der Waals surface area contributed by atoms with Crippen LogP contribution in [0, 0.1) is 5.82 Å². The molecular formula is C18H25FN4OS. The van der Waals surface area contributed by atoms with Crippen LogP contribution in [0.4, 0.5) is 9.52 Å². The number of nitrogens with one attached hydrogen (secondary N) is 1. The van der Waals surface area contributed by atoms with Crippen LogP contribution in [-0.2, 0) is 11.8 Å². The van der Waals surface area contributed by atoms with Crippen LogP contribution in [0.3, 0.4) is 0 Å². The predicted octanol–water partition coefficient (Wildman–Crippen LogP) is 2.68. The molecule has 1 saturated heterocycles. The molecule has 1 aromatic carbocycles. The third-order valence-electron chi connectivity index (χ3n) is 4.67. The molecule has 0 amide bonds. The fourth-order valence-electron chi connectivity index (χ4n) is 3.00. The lowest BCUT2D eigenvalue weighted by molar-refractivity contribution is 0.176. The van der Waals surface area contributed by atoms with Crippen molar-refractivity contribution in [3.63, 3.8) is 0 Å². The Balaban J connectivity index is 1.50. The van der Waals surface area contributed by atoms with Crippen LogP contribution >= 0.6 is 11.5 Å². The fraction of sp³-hybridized carbons (Fsp3) is 0.556. The molecule has 0 unspecified atom stereocenters. The third-order valence-corrected chi connectivity index (χ3v) is 5.39. The second-order valence-electron chi connectivity index (χ2n) is 7.25. The highest BCUT2D eigenvalue weighted by atomic mass is 32.1. The molecular weight excluding hydrogens is 339 g/mol. The van der Waals surface area contributed by atoms with Crippen LogP contribution in [0.1, 0.15) is 31.7 Å². The van der Waals surface area contributed by atoms with Gasteiger partial charge in [-0.3, -0.25) is 0 Å². The fourth-order valence-corrected chi connectivity index (χ4v) is 3.61. The van der Waals surface area contributed by atoms with Crippen molar-refractivity contribution >= 4 is 16.7 Å². The van der Waals surface area contributed by atoms with Gasteiger partial charge in [0.25, 0.3) is 0 Å².